The summed E-state index contributed by atoms with van der Waals surface area (Å²) in [5.74, 6) is 2.35. The van der Waals surface area contributed by atoms with Gasteiger partial charge in [-0.15, -0.1) is 10.2 Å². The van der Waals surface area contributed by atoms with Crippen LogP contribution in [0, 0.1) is 5.92 Å². The number of anilines is 2. The van der Waals surface area contributed by atoms with Crippen LogP contribution in [0.3, 0.4) is 0 Å². The standard InChI is InChI=1S/C16H25N5O/c1-2-17-14-7-8-15(19-18-14)20-9-11-21(12-10-20)16(22)13-5-3-4-6-13/h7-8,13H,2-6,9-12H2,1H3,(H,17,18). The molecule has 120 valence electrons. The van der Waals surface area contributed by atoms with E-state index in [4.69, 9.17) is 0 Å². The molecule has 6 nitrogen and oxygen atoms in total. The Morgan fingerprint density at radius 2 is 1.91 bits per heavy atom. The molecule has 3 rings (SSSR count). The summed E-state index contributed by atoms with van der Waals surface area (Å²) >= 11 is 0. The molecule has 6 heteroatoms. The summed E-state index contributed by atoms with van der Waals surface area (Å²) in [4.78, 5) is 16.7. The van der Waals surface area contributed by atoms with Gasteiger partial charge in [0, 0.05) is 38.6 Å². The van der Waals surface area contributed by atoms with Gasteiger partial charge in [-0.05, 0) is 31.9 Å². The SMILES string of the molecule is CCNc1ccc(N2CCN(C(=O)C3CCCC3)CC2)nn1. The Bertz CT molecular complexity index is 490. The molecule has 1 N–H and O–H groups in total. The number of amides is 1. The third-order valence-electron chi connectivity index (χ3n) is 4.63. The second kappa shape index (κ2) is 6.94. The van der Waals surface area contributed by atoms with E-state index < -0.39 is 0 Å². The van der Waals surface area contributed by atoms with Crippen molar-refractivity contribution >= 4 is 17.5 Å². The Labute approximate surface area is 131 Å². The first kappa shape index (κ1) is 15.1. The Morgan fingerprint density at radius 1 is 1.18 bits per heavy atom. The highest BCUT2D eigenvalue weighted by Crippen LogP contribution is 2.27. The molecule has 22 heavy (non-hydrogen) atoms. The van der Waals surface area contributed by atoms with Crippen molar-refractivity contribution in [3.8, 4) is 0 Å². The fourth-order valence-electron chi connectivity index (χ4n) is 3.36. The summed E-state index contributed by atoms with van der Waals surface area (Å²) < 4.78 is 0. The number of nitrogens with zero attached hydrogens (tertiary/aromatic N) is 4. The maximum absolute atomic E-state index is 12.4. The normalized spacial score (nSPS) is 19.5. The van der Waals surface area contributed by atoms with Crippen molar-refractivity contribution in [1.29, 1.82) is 0 Å². The molecule has 0 radical (unpaired) electrons. The molecule has 0 unspecified atom stereocenters. The molecule has 2 heterocycles. The van der Waals surface area contributed by atoms with Gasteiger partial charge in [0.15, 0.2) is 5.82 Å². The summed E-state index contributed by atoms with van der Waals surface area (Å²) in [6.45, 7) is 6.16. The third kappa shape index (κ3) is 3.31. The van der Waals surface area contributed by atoms with Crippen LogP contribution in [-0.4, -0.2) is 53.7 Å². The zero-order valence-corrected chi connectivity index (χ0v) is 13.3. The smallest absolute Gasteiger partial charge is 0.225 e. The van der Waals surface area contributed by atoms with Crippen molar-refractivity contribution in [2.24, 2.45) is 5.92 Å². The molecule has 0 bridgehead atoms. The van der Waals surface area contributed by atoms with Gasteiger partial charge in [0.05, 0.1) is 0 Å². The van der Waals surface area contributed by atoms with E-state index in [1.54, 1.807) is 0 Å². The van der Waals surface area contributed by atoms with Crippen LogP contribution in [0.5, 0.6) is 0 Å². The number of carbonyl (C=O) groups excluding carboxylic acids is 1. The van der Waals surface area contributed by atoms with Gasteiger partial charge in [-0.25, -0.2) is 0 Å². The first-order valence-electron chi connectivity index (χ1n) is 8.39. The van der Waals surface area contributed by atoms with Crippen LogP contribution in [0.25, 0.3) is 0 Å². The number of aromatic nitrogens is 2. The van der Waals surface area contributed by atoms with Gasteiger partial charge < -0.3 is 15.1 Å². The quantitative estimate of drug-likeness (QED) is 0.918. The molecule has 2 fully saturated rings. The fourth-order valence-corrected chi connectivity index (χ4v) is 3.36. The van der Waals surface area contributed by atoms with Crippen molar-refractivity contribution < 1.29 is 4.79 Å². The number of piperazine rings is 1. The van der Waals surface area contributed by atoms with Crippen LogP contribution >= 0.6 is 0 Å². The van der Waals surface area contributed by atoms with E-state index in [9.17, 15) is 4.79 Å². The molecule has 1 aromatic rings. The van der Waals surface area contributed by atoms with Crippen molar-refractivity contribution in [3.63, 3.8) is 0 Å². The van der Waals surface area contributed by atoms with Gasteiger partial charge in [0.2, 0.25) is 5.91 Å². The third-order valence-corrected chi connectivity index (χ3v) is 4.63. The Kier molecular flexibility index (Phi) is 4.75. The zero-order valence-electron chi connectivity index (χ0n) is 13.3. The Hall–Kier alpha value is -1.85. The lowest BCUT2D eigenvalue weighted by Crippen LogP contribution is -2.50. The summed E-state index contributed by atoms with van der Waals surface area (Å²) in [6.07, 6.45) is 4.58. The lowest BCUT2D eigenvalue weighted by atomic mass is 10.1. The van der Waals surface area contributed by atoms with E-state index >= 15 is 0 Å². The van der Waals surface area contributed by atoms with Gasteiger partial charge in [0.25, 0.3) is 0 Å². The van der Waals surface area contributed by atoms with Gasteiger partial charge in [-0.3, -0.25) is 4.79 Å². The summed E-state index contributed by atoms with van der Waals surface area (Å²) in [5, 5.41) is 11.6. The van der Waals surface area contributed by atoms with Gasteiger partial charge in [0.1, 0.15) is 5.82 Å². The van der Waals surface area contributed by atoms with E-state index in [1.165, 1.54) is 12.8 Å². The summed E-state index contributed by atoms with van der Waals surface area (Å²) in [6, 6.07) is 3.96. The van der Waals surface area contributed by atoms with E-state index in [2.05, 4.69) is 20.4 Å². The minimum absolute atomic E-state index is 0.283. The number of rotatable bonds is 4. The minimum Gasteiger partial charge on any atom is -0.369 e. The molecular formula is C16H25N5O. The lowest BCUT2D eigenvalue weighted by molar-refractivity contribution is -0.135. The van der Waals surface area contributed by atoms with Crippen LogP contribution in [0.4, 0.5) is 11.6 Å². The molecule has 1 aliphatic heterocycles. The number of carbonyl (C=O) groups is 1. The molecule has 1 saturated carbocycles. The topological polar surface area (TPSA) is 61.4 Å². The number of hydrogen-bond acceptors (Lipinski definition) is 5. The first-order chi connectivity index (χ1) is 10.8. The highest BCUT2D eigenvalue weighted by Gasteiger charge is 2.29. The van der Waals surface area contributed by atoms with Gasteiger partial charge in [-0.2, -0.15) is 0 Å². The molecule has 0 spiro atoms. The van der Waals surface area contributed by atoms with Crippen molar-refractivity contribution in [1.82, 2.24) is 15.1 Å². The van der Waals surface area contributed by atoms with E-state index in [0.29, 0.717) is 5.91 Å². The van der Waals surface area contributed by atoms with Crippen LogP contribution in [-0.2, 0) is 4.79 Å². The fraction of sp³-hybridized carbons (Fsp3) is 0.688. The second-order valence-corrected chi connectivity index (χ2v) is 6.10. The number of hydrogen-bond donors (Lipinski definition) is 1. The predicted molar refractivity (Wildman–Crippen MR) is 86.9 cm³/mol. The van der Waals surface area contributed by atoms with Gasteiger partial charge in [-0.1, -0.05) is 12.8 Å². The van der Waals surface area contributed by atoms with E-state index in [-0.39, 0.29) is 5.92 Å². The summed E-state index contributed by atoms with van der Waals surface area (Å²) in [7, 11) is 0. The molecule has 1 aromatic heterocycles. The summed E-state index contributed by atoms with van der Waals surface area (Å²) in [5.41, 5.74) is 0. The molecule has 1 saturated heterocycles. The molecular weight excluding hydrogens is 278 g/mol. The Balaban J connectivity index is 1.53. The zero-order chi connectivity index (χ0) is 15.4. The average Bonchev–Trinajstić information content (AvgIpc) is 3.10. The van der Waals surface area contributed by atoms with Crippen LogP contribution in [0.2, 0.25) is 0 Å². The molecule has 1 aliphatic carbocycles. The van der Waals surface area contributed by atoms with E-state index in [0.717, 1.165) is 57.2 Å². The largest absolute Gasteiger partial charge is 0.369 e. The predicted octanol–water partition coefficient (Wildman–Crippen LogP) is 1.75. The van der Waals surface area contributed by atoms with Crippen LogP contribution < -0.4 is 10.2 Å². The average molecular weight is 303 g/mol. The van der Waals surface area contributed by atoms with Crippen LogP contribution in [0.1, 0.15) is 32.6 Å². The number of nitrogens with one attached hydrogen (secondary N) is 1. The highest BCUT2D eigenvalue weighted by atomic mass is 16.2. The minimum atomic E-state index is 0.283. The first-order valence-corrected chi connectivity index (χ1v) is 8.39. The Morgan fingerprint density at radius 3 is 2.50 bits per heavy atom. The molecule has 1 amide bonds. The van der Waals surface area contributed by atoms with Crippen molar-refractivity contribution in [2.45, 2.75) is 32.6 Å². The maximum atomic E-state index is 12.4. The molecule has 0 aromatic carbocycles. The highest BCUT2D eigenvalue weighted by molar-refractivity contribution is 5.79. The van der Waals surface area contributed by atoms with Crippen molar-refractivity contribution in [2.75, 3.05) is 42.9 Å². The van der Waals surface area contributed by atoms with E-state index in [1.807, 2.05) is 24.0 Å². The second-order valence-electron chi connectivity index (χ2n) is 6.10. The van der Waals surface area contributed by atoms with Crippen molar-refractivity contribution in [3.05, 3.63) is 12.1 Å². The maximum Gasteiger partial charge on any atom is 0.225 e. The molecule has 2 aliphatic rings. The molecule has 0 atom stereocenters. The van der Waals surface area contributed by atoms with Crippen LogP contribution in [0.15, 0.2) is 12.1 Å². The monoisotopic (exact) mass is 303 g/mol. The van der Waals surface area contributed by atoms with Gasteiger partial charge >= 0.3 is 0 Å². The lowest BCUT2D eigenvalue weighted by Gasteiger charge is -2.36.